The van der Waals surface area contributed by atoms with Gasteiger partial charge in [-0.1, -0.05) is 53.5 Å². The molecule has 2 aromatic carbocycles. The van der Waals surface area contributed by atoms with E-state index in [4.69, 9.17) is 28.2 Å². The van der Waals surface area contributed by atoms with E-state index in [9.17, 15) is 0 Å². The summed E-state index contributed by atoms with van der Waals surface area (Å²) in [6.45, 7) is 3.80. The van der Waals surface area contributed by atoms with Crippen LogP contribution in [0.3, 0.4) is 0 Å². The van der Waals surface area contributed by atoms with Crippen LogP contribution in [0.25, 0.3) is 0 Å². The number of anilines is 1. The van der Waals surface area contributed by atoms with Crippen LogP contribution in [-0.2, 0) is 0 Å². The maximum absolute atomic E-state index is 6.34. The van der Waals surface area contributed by atoms with E-state index in [1.807, 2.05) is 30.3 Å². The van der Waals surface area contributed by atoms with Crippen LogP contribution in [0.5, 0.6) is 0 Å². The first-order chi connectivity index (χ1) is 11.6. The molecule has 0 bridgehead atoms. The number of fused-ring (bicyclic) bond motifs is 3. The van der Waals surface area contributed by atoms with Crippen LogP contribution in [0.15, 0.2) is 47.5 Å². The largest absolute Gasteiger partial charge is 0.364 e. The third-order valence-electron chi connectivity index (χ3n) is 4.80. The zero-order chi connectivity index (χ0) is 16.7. The molecule has 2 aliphatic heterocycles. The number of piperazine rings is 1. The molecule has 2 heterocycles. The molecule has 24 heavy (non-hydrogen) atoms. The van der Waals surface area contributed by atoms with Gasteiger partial charge in [-0.15, -0.1) is 0 Å². The van der Waals surface area contributed by atoms with Crippen molar-refractivity contribution in [1.82, 2.24) is 4.90 Å². The van der Waals surface area contributed by atoms with Crippen molar-refractivity contribution in [2.45, 2.75) is 6.04 Å². The molecular formula is C19H19Cl2N3. The molecule has 0 amide bonds. The zero-order valence-corrected chi connectivity index (χ0v) is 15.1. The molecule has 0 aliphatic carbocycles. The third kappa shape index (κ3) is 2.81. The number of benzene rings is 2. The molecule has 2 aliphatic rings. The SMILES string of the molecule is CN1CCN2c3cc(Cl)c(Cl)cc3C(c3ccccc3)=NCC2C1. The molecule has 3 nitrogen and oxygen atoms in total. The molecule has 1 atom stereocenters. The van der Waals surface area contributed by atoms with E-state index in [2.05, 4.69) is 29.0 Å². The van der Waals surface area contributed by atoms with Crippen LogP contribution in [0.1, 0.15) is 11.1 Å². The second-order valence-corrected chi connectivity index (χ2v) is 7.26. The van der Waals surface area contributed by atoms with Gasteiger partial charge >= 0.3 is 0 Å². The van der Waals surface area contributed by atoms with Crippen molar-refractivity contribution in [2.24, 2.45) is 4.99 Å². The van der Waals surface area contributed by atoms with E-state index in [1.165, 1.54) is 0 Å². The highest BCUT2D eigenvalue weighted by molar-refractivity contribution is 6.42. The van der Waals surface area contributed by atoms with Gasteiger partial charge in [-0.25, -0.2) is 0 Å². The minimum absolute atomic E-state index is 0.362. The Labute approximate surface area is 152 Å². The van der Waals surface area contributed by atoms with Gasteiger partial charge in [0.1, 0.15) is 0 Å². The van der Waals surface area contributed by atoms with E-state index in [1.54, 1.807) is 0 Å². The van der Waals surface area contributed by atoms with Gasteiger partial charge in [0.15, 0.2) is 0 Å². The predicted molar refractivity (Wildman–Crippen MR) is 102 cm³/mol. The summed E-state index contributed by atoms with van der Waals surface area (Å²) in [6, 6.07) is 14.6. The lowest BCUT2D eigenvalue weighted by atomic mass is 9.99. The van der Waals surface area contributed by atoms with Crippen molar-refractivity contribution < 1.29 is 0 Å². The zero-order valence-electron chi connectivity index (χ0n) is 13.5. The molecule has 2 aromatic rings. The molecule has 0 aromatic heterocycles. The van der Waals surface area contributed by atoms with Gasteiger partial charge in [0, 0.05) is 36.4 Å². The Morgan fingerprint density at radius 3 is 2.58 bits per heavy atom. The van der Waals surface area contributed by atoms with Crippen LogP contribution in [0.2, 0.25) is 10.0 Å². The van der Waals surface area contributed by atoms with Gasteiger partial charge in [-0.2, -0.15) is 0 Å². The van der Waals surface area contributed by atoms with Crippen LogP contribution < -0.4 is 4.90 Å². The molecule has 1 unspecified atom stereocenters. The Hall–Kier alpha value is -1.55. The maximum atomic E-state index is 6.34. The first-order valence-corrected chi connectivity index (χ1v) is 8.93. The van der Waals surface area contributed by atoms with E-state index in [0.29, 0.717) is 16.1 Å². The first kappa shape index (κ1) is 15.9. The van der Waals surface area contributed by atoms with E-state index < -0.39 is 0 Å². The Balaban J connectivity index is 1.89. The van der Waals surface area contributed by atoms with E-state index in [0.717, 1.165) is 48.7 Å². The fourth-order valence-electron chi connectivity index (χ4n) is 3.57. The van der Waals surface area contributed by atoms with Crippen LogP contribution in [0, 0.1) is 0 Å². The van der Waals surface area contributed by atoms with Crippen LogP contribution >= 0.6 is 23.2 Å². The number of nitrogens with zero attached hydrogens (tertiary/aromatic N) is 3. The summed E-state index contributed by atoms with van der Waals surface area (Å²) >= 11 is 12.7. The summed E-state index contributed by atoms with van der Waals surface area (Å²) in [6.07, 6.45) is 0. The lowest BCUT2D eigenvalue weighted by Gasteiger charge is -2.40. The summed E-state index contributed by atoms with van der Waals surface area (Å²) in [7, 11) is 2.17. The molecule has 0 saturated carbocycles. The summed E-state index contributed by atoms with van der Waals surface area (Å²) < 4.78 is 0. The molecular weight excluding hydrogens is 341 g/mol. The van der Waals surface area contributed by atoms with Gasteiger partial charge in [0.2, 0.25) is 0 Å². The Kier molecular flexibility index (Phi) is 4.25. The number of likely N-dealkylation sites (N-methyl/N-ethyl adjacent to an activating group) is 1. The molecule has 0 radical (unpaired) electrons. The lowest BCUT2D eigenvalue weighted by Crippen LogP contribution is -2.53. The quantitative estimate of drug-likeness (QED) is 0.767. The number of halogens is 2. The summed E-state index contributed by atoms with van der Waals surface area (Å²) in [5.74, 6) is 0. The van der Waals surface area contributed by atoms with Crippen molar-refractivity contribution >= 4 is 34.6 Å². The Morgan fingerprint density at radius 1 is 1.04 bits per heavy atom. The first-order valence-electron chi connectivity index (χ1n) is 8.18. The number of aliphatic imine (C=N–C) groups is 1. The standard InChI is InChI=1S/C19H19Cl2N3/c1-23-7-8-24-14(12-23)11-22-19(13-5-3-2-4-6-13)15-9-16(20)17(21)10-18(15)24/h2-6,9-10,14H,7-8,11-12H2,1H3. The summed E-state index contributed by atoms with van der Waals surface area (Å²) in [5.41, 5.74) is 4.33. The number of rotatable bonds is 1. The van der Waals surface area contributed by atoms with Gasteiger partial charge in [-0.05, 0) is 19.2 Å². The second-order valence-electron chi connectivity index (χ2n) is 6.45. The highest BCUT2D eigenvalue weighted by Gasteiger charge is 2.31. The van der Waals surface area contributed by atoms with Crippen molar-refractivity contribution in [3.63, 3.8) is 0 Å². The van der Waals surface area contributed by atoms with Crippen molar-refractivity contribution in [3.05, 3.63) is 63.6 Å². The second kappa shape index (κ2) is 6.40. The van der Waals surface area contributed by atoms with Gasteiger partial charge < -0.3 is 9.80 Å². The van der Waals surface area contributed by atoms with Gasteiger partial charge in [-0.3, -0.25) is 4.99 Å². The van der Waals surface area contributed by atoms with Crippen molar-refractivity contribution in [3.8, 4) is 0 Å². The van der Waals surface area contributed by atoms with Gasteiger partial charge in [0.25, 0.3) is 0 Å². The smallest absolute Gasteiger partial charge is 0.0741 e. The van der Waals surface area contributed by atoms with Crippen LogP contribution in [0.4, 0.5) is 5.69 Å². The highest BCUT2D eigenvalue weighted by Crippen LogP contribution is 2.36. The Bertz CT molecular complexity index is 789. The molecule has 124 valence electrons. The fourth-order valence-corrected chi connectivity index (χ4v) is 3.89. The van der Waals surface area contributed by atoms with E-state index >= 15 is 0 Å². The van der Waals surface area contributed by atoms with Crippen LogP contribution in [-0.4, -0.2) is 49.9 Å². The van der Waals surface area contributed by atoms with Gasteiger partial charge in [0.05, 0.1) is 28.3 Å². The molecule has 0 N–H and O–H groups in total. The molecule has 1 saturated heterocycles. The third-order valence-corrected chi connectivity index (χ3v) is 5.52. The summed E-state index contributed by atoms with van der Waals surface area (Å²) in [4.78, 5) is 9.77. The lowest BCUT2D eigenvalue weighted by molar-refractivity contribution is 0.270. The fraction of sp³-hybridized carbons (Fsp3) is 0.316. The number of hydrogen-bond donors (Lipinski definition) is 0. The van der Waals surface area contributed by atoms with Crippen molar-refractivity contribution in [1.29, 1.82) is 0 Å². The minimum atomic E-state index is 0.362. The molecule has 4 rings (SSSR count). The summed E-state index contributed by atoms with van der Waals surface area (Å²) in [5, 5.41) is 1.18. The molecule has 5 heteroatoms. The minimum Gasteiger partial charge on any atom is -0.364 e. The Morgan fingerprint density at radius 2 is 1.79 bits per heavy atom. The monoisotopic (exact) mass is 359 g/mol. The van der Waals surface area contributed by atoms with Crippen molar-refractivity contribution in [2.75, 3.05) is 38.1 Å². The number of hydrogen-bond acceptors (Lipinski definition) is 3. The molecule has 0 spiro atoms. The molecule has 1 fully saturated rings. The maximum Gasteiger partial charge on any atom is 0.0741 e. The topological polar surface area (TPSA) is 18.8 Å². The highest BCUT2D eigenvalue weighted by atomic mass is 35.5. The average molecular weight is 360 g/mol. The normalized spacial score (nSPS) is 20.9. The van der Waals surface area contributed by atoms with E-state index in [-0.39, 0.29) is 0 Å². The predicted octanol–water partition coefficient (Wildman–Crippen LogP) is 3.96. The average Bonchev–Trinajstić information content (AvgIpc) is 2.73.